The number of rotatable bonds is 5. The lowest BCUT2D eigenvalue weighted by molar-refractivity contribution is 0.196. The van der Waals surface area contributed by atoms with Crippen molar-refractivity contribution in [3.8, 4) is 0 Å². The second-order valence-electron chi connectivity index (χ2n) is 6.82. The normalized spacial score (nSPS) is 23.9. The lowest BCUT2D eigenvalue weighted by Gasteiger charge is -2.40. The van der Waals surface area contributed by atoms with Gasteiger partial charge in [0.25, 0.3) is 0 Å². The molecule has 4 nitrogen and oxygen atoms in total. The summed E-state index contributed by atoms with van der Waals surface area (Å²) in [6.45, 7) is 1.32. The highest BCUT2D eigenvalue weighted by molar-refractivity contribution is 7.85. The van der Waals surface area contributed by atoms with E-state index < -0.39 is 10.8 Å². The lowest BCUT2D eigenvalue weighted by atomic mass is 9.84. The molecule has 1 saturated heterocycles. The molecule has 2 amide bonds. The molecule has 24 heavy (non-hydrogen) atoms. The van der Waals surface area contributed by atoms with Crippen LogP contribution in [0.2, 0.25) is 0 Å². The van der Waals surface area contributed by atoms with E-state index in [-0.39, 0.29) is 16.8 Å². The summed E-state index contributed by atoms with van der Waals surface area (Å²) in [6, 6.07) is 10.3. The second-order valence-corrected chi connectivity index (χ2v) is 8.60. The van der Waals surface area contributed by atoms with Gasteiger partial charge in [0.15, 0.2) is 0 Å². The highest BCUT2D eigenvalue weighted by atomic mass is 32.2. The number of carbonyl (C=O) groups excluding carboxylic acids is 1. The van der Waals surface area contributed by atoms with Crippen LogP contribution in [0.5, 0.6) is 0 Å². The minimum atomic E-state index is -0.884. The predicted molar refractivity (Wildman–Crippen MR) is 99.3 cm³/mol. The monoisotopic (exact) mass is 346 g/mol. The van der Waals surface area contributed by atoms with Gasteiger partial charge in [-0.05, 0) is 31.2 Å². The van der Waals surface area contributed by atoms with Crippen molar-refractivity contribution in [1.29, 1.82) is 0 Å². The average Bonchev–Trinajstić information content (AvgIpc) is 3.01. The van der Waals surface area contributed by atoms with Crippen molar-refractivity contribution in [3.63, 3.8) is 0 Å². The first-order valence-corrected chi connectivity index (χ1v) is 10.3. The van der Waals surface area contributed by atoms with Crippen LogP contribution in [-0.2, 0) is 10.8 Å². The number of nitrogens with zero attached hydrogens (tertiary/aromatic N) is 1. The largest absolute Gasteiger partial charge is 0.336 e. The van der Waals surface area contributed by atoms with Crippen molar-refractivity contribution in [2.75, 3.05) is 19.3 Å². The van der Waals surface area contributed by atoms with Crippen LogP contribution in [0.25, 0.3) is 6.08 Å². The molecule has 3 rings (SSSR count). The van der Waals surface area contributed by atoms with Crippen LogP contribution in [0.1, 0.15) is 37.7 Å². The third-order valence-corrected chi connectivity index (χ3v) is 7.08. The SMILES string of the molecule is CS(=O)C1(CNC(=O)N2CCCC2/C=C/c2ccccc2)CCC1. The fourth-order valence-corrected chi connectivity index (χ4v) is 4.65. The van der Waals surface area contributed by atoms with Crippen LogP contribution in [0.3, 0.4) is 0 Å². The zero-order valence-electron chi connectivity index (χ0n) is 14.2. The molecule has 1 aromatic carbocycles. The third-order valence-electron chi connectivity index (χ3n) is 5.31. The molecule has 0 bridgehead atoms. The summed E-state index contributed by atoms with van der Waals surface area (Å²) < 4.78 is 11.8. The molecule has 2 aliphatic rings. The molecule has 0 aromatic heterocycles. The number of likely N-dealkylation sites (tertiary alicyclic amines) is 1. The number of carbonyl (C=O) groups is 1. The maximum absolute atomic E-state index is 12.6. The standard InChI is InChI=1S/C19H26N2O2S/c1-24(23)19(12-6-13-19)15-20-18(22)21-14-5-9-17(21)11-10-16-7-3-2-4-8-16/h2-4,7-8,10-11,17H,5-6,9,12-15H2,1H3,(H,20,22)/b11-10+. The van der Waals surface area contributed by atoms with Crippen molar-refractivity contribution in [1.82, 2.24) is 10.2 Å². The van der Waals surface area contributed by atoms with E-state index in [1.165, 1.54) is 0 Å². The van der Waals surface area contributed by atoms with Gasteiger partial charge in [0.05, 0.1) is 10.8 Å². The number of nitrogens with one attached hydrogen (secondary N) is 1. The van der Waals surface area contributed by atoms with E-state index in [1.807, 2.05) is 23.1 Å². The Balaban J connectivity index is 1.57. The molecule has 1 heterocycles. The molecule has 2 fully saturated rings. The average molecular weight is 346 g/mol. The third kappa shape index (κ3) is 3.72. The molecular weight excluding hydrogens is 320 g/mol. The van der Waals surface area contributed by atoms with Crippen LogP contribution in [0.4, 0.5) is 4.79 Å². The summed E-state index contributed by atoms with van der Waals surface area (Å²) in [5.74, 6) is 0. The van der Waals surface area contributed by atoms with Crippen LogP contribution < -0.4 is 5.32 Å². The predicted octanol–water partition coefficient (Wildman–Crippen LogP) is 3.18. The van der Waals surface area contributed by atoms with Gasteiger partial charge in [-0.25, -0.2) is 4.79 Å². The summed E-state index contributed by atoms with van der Waals surface area (Å²) in [5, 5.41) is 3.04. The first kappa shape index (κ1) is 17.2. The quantitative estimate of drug-likeness (QED) is 0.890. The maximum Gasteiger partial charge on any atom is 0.317 e. The van der Waals surface area contributed by atoms with Gasteiger partial charge in [-0.3, -0.25) is 4.21 Å². The van der Waals surface area contributed by atoms with Gasteiger partial charge in [0.2, 0.25) is 0 Å². The van der Waals surface area contributed by atoms with Crippen molar-refractivity contribution in [2.24, 2.45) is 0 Å². The number of urea groups is 1. The van der Waals surface area contributed by atoms with Crippen LogP contribution in [0.15, 0.2) is 36.4 Å². The summed E-state index contributed by atoms with van der Waals surface area (Å²) in [5.41, 5.74) is 1.15. The van der Waals surface area contributed by atoms with E-state index in [0.717, 1.165) is 44.2 Å². The van der Waals surface area contributed by atoms with E-state index in [9.17, 15) is 9.00 Å². The molecule has 2 unspecified atom stereocenters. The molecule has 5 heteroatoms. The Morgan fingerprint density at radius 3 is 2.71 bits per heavy atom. The Kier molecular flexibility index (Phi) is 5.39. The molecular formula is C19H26N2O2S. The van der Waals surface area contributed by atoms with Gasteiger partial charge in [-0.1, -0.05) is 48.9 Å². The summed E-state index contributed by atoms with van der Waals surface area (Å²) >= 11 is 0. The highest BCUT2D eigenvalue weighted by Gasteiger charge is 2.41. The van der Waals surface area contributed by atoms with E-state index in [2.05, 4.69) is 29.6 Å². The Hall–Kier alpha value is -1.62. The first-order chi connectivity index (χ1) is 11.6. The second kappa shape index (κ2) is 7.51. The van der Waals surface area contributed by atoms with Crippen molar-refractivity contribution in [2.45, 2.75) is 42.9 Å². The fraction of sp³-hybridized carbons (Fsp3) is 0.526. The number of benzene rings is 1. The topological polar surface area (TPSA) is 49.4 Å². The first-order valence-electron chi connectivity index (χ1n) is 8.72. The highest BCUT2D eigenvalue weighted by Crippen LogP contribution is 2.36. The van der Waals surface area contributed by atoms with Crippen LogP contribution in [-0.4, -0.2) is 45.3 Å². The van der Waals surface area contributed by atoms with Gasteiger partial charge in [-0.2, -0.15) is 0 Å². The number of hydrogen-bond donors (Lipinski definition) is 1. The summed E-state index contributed by atoms with van der Waals surface area (Å²) in [7, 11) is -0.884. The van der Waals surface area contributed by atoms with Gasteiger partial charge >= 0.3 is 6.03 Å². The van der Waals surface area contributed by atoms with Crippen molar-refractivity contribution in [3.05, 3.63) is 42.0 Å². The molecule has 1 saturated carbocycles. The van der Waals surface area contributed by atoms with E-state index >= 15 is 0 Å². The Morgan fingerprint density at radius 2 is 2.08 bits per heavy atom. The van der Waals surface area contributed by atoms with E-state index in [4.69, 9.17) is 0 Å². The summed E-state index contributed by atoms with van der Waals surface area (Å²) in [4.78, 5) is 14.5. The number of amides is 2. The molecule has 1 aliphatic carbocycles. The van der Waals surface area contributed by atoms with Crippen molar-refractivity contribution >= 4 is 22.9 Å². The van der Waals surface area contributed by atoms with E-state index in [1.54, 1.807) is 6.26 Å². The Morgan fingerprint density at radius 1 is 1.33 bits per heavy atom. The van der Waals surface area contributed by atoms with Gasteiger partial charge in [0.1, 0.15) is 0 Å². The van der Waals surface area contributed by atoms with E-state index in [0.29, 0.717) is 6.54 Å². The van der Waals surface area contributed by atoms with Gasteiger partial charge < -0.3 is 10.2 Å². The summed E-state index contributed by atoms with van der Waals surface area (Å²) in [6.07, 6.45) is 11.0. The van der Waals surface area contributed by atoms with Gasteiger partial charge in [0, 0.05) is 30.1 Å². The Bertz CT molecular complexity index is 626. The molecule has 0 radical (unpaired) electrons. The Labute approximate surface area is 146 Å². The smallest absolute Gasteiger partial charge is 0.317 e. The molecule has 1 aliphatic heterocycles. The number of hydrogen-bond acceptors (Lipinski definition) is 2. The van der Waals surface area contributed by atoms with Gasteiger partial charge in [-0.15, -0.1) is 0 Å². The minimum absolute atomic E-state index is 0.0214. The molecule has 2 atom stereocenters. The molecule has 130 valence electrons. The van der Waals surface area contributed by atoms with Crippen LogP contribution >= 0.6 is 0 Å². The zero-order chi connectivity index (χ0) is 17.0. The zero-order valence-corrected chi connectivity index (χ0v) is 15.1. The minimum Gasteiger partial charge on any atom is -0.336 e. The van der Waals surface area contributed by atoms with Crippen LogP contribution in [0, 0.1) is 0 Å². The van der Waals surface area contributed by atoms with Crippen molar-refractivity contribution < 1.29 is 9.00 Å². The maximum atomic E-state index is 12.6. The fourth-order valence-electron chi connectivity index (χ4n) is 3.51. The molecule has 0 spiro atoms. The molecule has 1 N–H and O–H groups in total. The molecule has 1 aromatic rings. The lowest BCUT2D eigenvalue weighted by Crippen LogP contribution is -2.53.